The van der Waals surface area contributed by atoms with Crippen LogP contribution in [0.3, 0.4) is 0 Å². The summed E-state index contributed by atoms with van der Waals surface area (Å²) >= 11 is 0. The van der Waals surface area contributed by atoms with Crippen LogP contribution in [0, 0.1) is 6.92 Å². The highest BCUT2D eigenvalue weighted by Crippen LogP contribution is 2.37. The molecule has 0 saturated carbocycles. The molecule has 2 aliphatic rings. The maximum absolute atomic E-state index is 13.5. The van der Waals surface area contributed by atoms with E-state index in [4.69, 9.17) is 14.0 Å². The first-order valence-electron chi connectivity index (χ1n) is 11.2. The van der Waals surface area contributed by atoms with E-state index in [1.807, 2.05) is 59.7 Å². The van der Waals surface area contributed by atoms with Gasteiger partial charge in [0.1, 0.15) is 16.7 Å². The lowest BCUT2D eigenvalue weighted by Gasteiger charge is -2.32. The highest BCUT2D eigenvalue weighted by molar-refractivity contribution is 7.89. The number of fused-ring (bicyclic) bond motifs is 1. The van der Waals surface area contributed by atoms with E-state index < -0.39 is 28.3 Å². The predicted octanol–water partition coefficient (Wildman–Crippen LogP) is 3.66. The van der Waals surface area contributed by atoms with Gasteiger partial charge in [-0.3, -0.25) is 0 Å². The van der Waals surface area contributed by atoms with E-state index in [1.165, 1.54) is 4.31 Å². The normalized spacial score (nSPS) is 23.9. The Bertz CT molecular complexity index is 1100. The third-order valence-electron chi connectivity index (χ3n) is 6.87. The van der Waals surface area contributed by atoms with Crippen LogP contribution in [0.4, 0.5) is 0 Å². The summed E-state index contributed by atoms with van der Waals surface area (Å²) < 4.78 is 47.0. The molecule has 0 N–H and O–H groups in total. The number of sulfonamides is 1. The zero-order chi connectivity index (χ0) is 23.3. The molecule has 2 aliphatic heterocycles. The number of nitrogens with zero attached hydrogens (tertiary/aromatic N) is 1. The lowest BCUT2D eigenvalue weighted by molar-refractivity contribution is 0.00578. The van der Waals surface area contributed by atoms with Crippen LogP contribution >= 0.6 is 0 Å². The lowest BCUT2D eigenvalue weighted by atomic mass is 9.78. The molecule has 8 heteroatoms. The van der Waals surface area contributed by atoms with E-state index >= 15 is 0 Å². The Morgan fingerprint density at radius 2 is 1.72 bits per heavy atom. The van der Waals surface area contributed by atoms with E-state index in [1.54, 1.807) is 24.3 Å². The van der Waals surface area contributed by atoms with Gasteiger partial charge in [-0.15, -0.1) is 0 Å². The number of para-hydroxylation sites is 1. The van der Waals surface area contributed by atoms with Crippen molar-refractivity contribution in [3.05, 3.63) is 53.6 Å². The molecule has 0 spiro atoms. The quantitative estimate of drug-likeness (QED) is 0.656. The molecule has 1 fully saturated rings. The second kappa shape index (κ2) is 8.17. The van der Waals surface area contributed by atoms with Crippen molar-refractivity contribution in [1.29, 1.82) is 0 Å². The standard InChI is InChI=1S/C24H32BNO5S/c1-7-20-16-26(32(27,28)22-11-9-8-10-21(22)29-20)15-18-14-19(13-12-17(18)2)25-30-23(3,4)24(5,6)31-25/h8-14,20H,7,15-16H2,1-6H3. The molecule has 4 rings (SSSR count). The van der Waals surface area contributed by atoms with Crippen LogP contribution in [0.5, 0.6) is 5.75 Å². The number of aryl methyl sites for hydroxylation is 1. The fraction of sp³-hybridized carbons (Fsp3) is 0.500. The minimum Gasteiger partial charge on any atom is -0.488 e. The van der Waals surface area contributed by atoms with Crippen molar-refractivity contribution in [2.45, 2.75) is 76.7 Å². The molecule has 6 nitrogen and oxygen atoms in total. The number of ether oxygens (including phenoxy) is 1. The van der Waals surface area contributed by atoms with Gasteiger partial charge >= 0.3 is 7.12 Å². The van der Waals surface area contributed by atoms with Crippen LogP contribution in [0.25, 0.3) is 0 Å². The van der Waals surface area contributed by atoms with Crippen molar-refractivity contribution in [1.82, 2.24) is 4.31 Å². The van der Waals surface area contributed by atoms with E-state index in [0.717, 1.165) is 16.6 Å². The van der Waals surface area contributed by atoms with Gasteiger partial charge in [0.05, 0.1) is 17.7 Å². The number of rotatable bonds is 4. The van der Waals surface area contributed by atoms with Gasteiger partial charge in [-0.25, -0.2) is 8.42 Å². The van der Waals surface area contributed by atoms with E-state index in [0.29, 0.717) is 18.7 Å². The van der Waals surface area contributed by atoms with Crippen LogP contribution in [-0.4, -0.2) is 43.7 Å². The molecule has 0 aliphatic carbocycles. The van der Waals surface area contributed by atoms with Crippen molar-refractivity contribution in [3.63, 3.8) is 0 Å². The smallest absolute Gasteiger partial charge is 0.488 e. The molecule has 0 bridgehead atoms. The molecule has 2 heterocycles. The van der Waals surface area contributed by atoms with E-state index in [-0.39, 0.29) is 17.5 Å². The highest BCUT2D eigenvalue weighted by Gasteiger charge is 2.51. The summed E-state index contributed by atoms with van der Waals surface area (Å²) in [5, 5.41) is 0. The van der Waals surface area contributed by atoms with Gasteiger partial charge in [-0.2, -0.15) is 4.31 Å². The number of hydrogen-bond acceptors (Lipinski definition) is 5. The van der Waals surface area contributed by atoms with Gasteiger partial charge in [0, 0.05) is 6.54 Å². The largest absolute Gasteiger partial charge is 0.494 e. The summed E-state index contributed by atoms with van der Waals surface area (Å²) in [6.07, 6.45) is 0.507. The van der Waals surface area contributed by atoms with Crippen LogP contribution < -0.4 is 10.2 Å². The van der Waals surface area contributed by atoms with Gasteiger partial charge in [0.25, 0.3) is 0 Å². The molecular weight excluding hydrogens is 425 g/mol. The molecular formula is C24H32BNO5S. The fourth-order valence-corrected chi connectivity index (χ4v) is 5.55. The van der Waals surface area contributed by atoms with Crippen molar-refractivity contribution in [2.24, 2.45) is 0 Å². The summed E-state index contributed by atoms with van der Waals surface area (Å²) in [5.74, 6) is 0.421. The topological polar surface area (TPSA) is 65.1 Å². The fourth-order valence-electron chi connectivity index (χ4n) is 3.98. The molecule has 1 unspecified atom stereocenters. The van der Waals surface area contributed by atoms with Crippen LogP contribution in [0.2, 0.25) is 0 Å². The third kappa shape index (κ3) is 4.09. The molecule has 172 valence electrons. The average molecular weight is 457 g/mol. The first-order valence-corrected chi connectivity index (χ1v) is 12.6. The molecule has 0 radical (unpaired) electrons. The zero-order valence-corrected chi connectivity index (χ0v) is 20.5. The maximum atomic E-state index is 13.5. The predicted molar refractivity (Wildman–Crippen MR) is 126 cm³/mol. The Balaban J connectivity index is 1.67. The van der Waals surface area contributed by atoms with Gasteiger partial charge in [-0.05, 0) is 69.8 Å². The Kier molecular flexibility index (Phi) is 5.95. The molecule has 32 heavy (non-hydrogen) atoms. The number of benzene rings is 2. The van der Waals surface area contributed by atoms with Gasteiger partial charge in [0.2, 0.25) is 10.0 Å². The zero-order valence-electron chi connectivity index (χ0n) is 19.7. The summed E-state index contributed by atoms with van der Waals surface area (Å²) in [6, 6.07) is 12.9. The Hall–Kier alpha value is -1.87. The Morgan fingerprint density at radius 1 is 1.06 bits per heavy atom. The molecule has 1 atom stereocenters. The molecule has 0 amide bonds. The lowest BCUT2D eigenvalue weighted by Crippen LogP contribution is -2.41. The minimum atomic E-state index is -3.70. The molecule has 2 aromatic carbocycles. The number of hydrogen-bond donors (Lipinski definition) is 0. The minimum absolute atomic E-state index is 0.208. The monoisotopic (exact) mass is 457 g/mol. The van der Waals surface area contributed by atoms with Crippen LogP contribution in [0.15, 0.2) is 47.4 Å². The van der Waals surface area contributed by atoms with Crippen molar-refractivity contribution < 1.29 is 22.5 Å². The molecule has 2 aromatic rings. The van der Waals surface area contributed by atoms with E-state index in [2.05, 4.69) is 0 Å². The van der Waals surface area contributed by atoms with Gasteiger partial charge in [-0.1, -0.05) is 37.3 Å². The Labute approximate surface area is 192 Å². The maximum Gasteiger partial charge on any atom is 0.494 e. The van der Waals surface area contributed by atoms with Crippen LogP contribution in [-0.2, 0) is 25.9 Å². The van der Waals surface area contributed by atoms with Gasteiger partial charge < -0.3 is 14.0 Å². The summed E-state index contributed by atoms with van der Waals surface area (Å²) in [6.45, 7) is 12.7. The summed E-state index contributed by atoms with van der Waals surface area (Å²) in [5.41, 5.74) is 1.96. The summed E-state index contributed by atoms with van der Waals surface area (Å²) in [4.78, 5) is 0.218. The van der Waals surface area contributed by atoms with Gasteiger partial charge in [0.15, 0.2) is 0 Å². The van der Waals surface area contributed by atoms with Crippen LogP contribution in [0.1, 0.15) is 52.2 Å². The molecule has 0 aromatic heterocycles. The Morgan fingerprint density at radius 3 is 2.38 bits per heavy atom. The van der Waals surface area contributed by atoms with E-state index in [9.17, 15) is 8.42 Å². The van der Waals surface area contributed by atoms with Crippen molar-refractivity contribution in [2.75, 3.05) is 6.54 Å². The average Bonchev–Trinajstić information content (AvgIpc) is 2.88. The summed E-state index contributed by atoms with van der Waals surface area (Å²) in [7, 11) is -4.19. The van der Waals surface area contributed by atoms with Crippen molar-refractivity contribution in [3.8, 4) is 5.75 Å². The molecule has 1 saturated heterocycles. The van der Waals surface area contributed by atoms with Crippen molar-refractivity contribution >= 4 is 22.6 Å². The third-order valence-corrected chi connectivity index (χ3v) is 8.72. The first kappa shape index (κ1) is 23.3. The second-order valence-corrected chi connectivity index (χ2v) is 11.6. The second-order valence-electron chi connectivity index (χ2n) is 9.67. The first-order chi connectivity index (χ1) is 14.9. The highest BCUT2D eigenvalue weighted by atomic mass is 32.2. The SMILES string of the molecule is CCC1CN(Cc2cc(B3OC(C)(C)C(C)(C)O3)ccc2C)S(=O)(=O)c2ccccc2O1.